The Labute approximate surface area is 123 Å². The number of fused-ring (bicyclic) bond motifs is 1. The van der Waals surface area contributed by atoms with Crippen LogP contribution in [0.1, 0.15) is 5.56 Å². The number of para-hydroxylation sites is 2. The summed E-state index contributed by atoms with van der Waals surface area (Å²) in [6.07, 6.45) is 1.91. The van der Waals surface area contributed by atoms with Crippen molar-refractivity contribution in [3.63, 3.8) is 0 Å². The zero-order valence-corrected chi connectivity index (χ0v) is 12.1. The van der Waals surface area contributed by atoms with E-state index in [1.54, 1.807) is 24.3 Å². The smallest absolute Gasteiger partial charge is 0.267 e. The standard InChI is InChI=1S/C15H15N3O2S/c16-13-6-2-1-5-12(13)9-10-18-11-17-14-7-3-4-8-15(14)21(18,19)20/h1-8,11H,9-10,16H2. The summed E-state index contributed by atoms with van der Waals surface area (Å²) in [5.74, 6) is 0. The second-order valence-electron chi connectivity index (χ2n) is 4.78. The van der Waals surface area contributed by atoms with E-state index in [2.05, 4.69) is 4.99 Å². The Hall–Kier alpha value is -2.34. The number of nitrogen functional groups attached to an aromatic ring is 1. The third kappa shape index (κ3) is 2.50. The molecule has 0 amide bonds. The van der Waals surface area contributed by atoms with E-state index >= 15 is 0 Å². The highest BCUT2D eigenvalue weighted by molar-refractivity contribution is 7.89. The molecule has 0 radical (unpaired) electrons. The van der Waals surface area contributed by atoms with Crippen LogP contribution in [0, 0.1) is 0 Å². The highest BCUT2D eigenvalue weighted by Gasteiger charge is 2.27. The number of sulfonamides is 1. The molecule has 0 saturated carbocycles. The fraction of sp³-hybridized carbons (Fsp3) is 0.133. The maximum Gasteiger partial charge on any atom is 0.267 e. The van der Waals surface area contributed by atoms with Gasteiger partial charge in [-0.15, -0.1) is 0 Å². The van der Waals surface area contributed by atoms with Crippen LogP contribution in [0.5, 0.6) is 0 Å². The van der Waals surface area contributed by atoms with E-state index < -0.39 is 10.0 Å². The zero-order valence-electron chi connectivity index (χ0n) is 11.3. The van der Waals surface area contributed by atoms with Crippen LogP contribution in [0.4, 0.5) is 11.4 Å². The number of rotatable bonds is 3. The summed E-state index contributed by atoms with van der Waals surface area (Å²) in [6, 6.07) is 14.2. The minimum atomic E-state index is -3.52. The molecule has 0 spiro atoms. The monoisotopic (exact) mass is 301 g/mol. The van der Waals surface area contributed by atoms with Gasteiger partial charge in [0.15, 0.2) is 0 Å². The molecule has 0 unspecified atom stereocenters. The molecule has 21 heavy (non-hydrogen) atoms. The van der Waals surface area contributed by atoms with Gasteiger partial charge in [0, 0.05) is 12.2 Å². The van der Waals surface area contributed by atoms with Crippen LogP contribution in [-0.2, 0) is 16.4 Å². The molecule has 108 valence electrons. The molecule has 3 rings (SSSR count). The van der Waals surface area contributed by atoms with Gasteiger partial charge >= 0.3 is 0 Å². The molecule has 5 nitrogen and oxygen atoms in total. The Kier molecular flexibility index (Phi) is 3.39. The number of nitrogens with zero attached hydrogens (tertiary/aromatic N) is 2. The Balaban J connectivity index is 1.84. The molecule has 1 aliphatic rings. The molecule has 2 N–H and O–H groups in total. The summed E-state index contributed by atoms with van der Waals surface area (Å²) in [4.78, 5) is 4.44. The summed E-state index contributed by atoms with van der Waals surface area (Å²) in [7, 11) is -3.52. The number of nitrogens with two attached hydrogens (primary N) is 1. The zero-order chi connectivity index (χ0) is 14.9. The first-order valence-electron chi connectivity index (χ1n) is 6.57. The summed E-state index contributed by atoms with van der Waals surface area (Å²) in [5.41, 5.74) is 7.96. The lowest BCUT2D eigenvalue weighted by atomic mass is 10.1. The Bertz CT molecular complexity index is 800. The Morgan fingerprint density at radius 3 is 2.57 bits per heavy atom. The molecule has 0 fully saturated rings. The molecule has 0 aromatic heterocycles. The van der Waals surface area contributed by atoms with Crippen LogP contribution in [0.15, 0.2) is 58.4 Å². The van der Waals surface area contributed by atoms with Crippen molar-refractivity contribution in [1.82, 2.24) is 4.31 Å². The highest BCUT2D eigenvalue weighted by atomic mass is 32.2. The molecule has 2 aromatic rings. The summed E-state index contributed by atoms with van der Waals surface area (Å²) in [5, 5.41) is 0. The van der Waals surface area contributed by atoms with Crippen molar-refractivity contribution in [2.24, 2.45) is 4.99 Å². The van der Waals surface area contributed by atoms with E-state index in [9.17, 15) is 8.42 Å². The minimum Gasteiger partial charge on any atom is -0.399 e. The Morgan fingerprint density at radius 2 is 1.76 bits per heavy atom. The number of aliphatic imine (C=N–C) groups is 1. The van der Waals surface area contributed by atoms with Crippen molar-refractivity contribution in [1.29, 1.82) is 0 Å². The minimum absolute atomic E-state index is 0.244. The van der Waals surface area contributed by atoms with Crippen LogP contribution >= 0.6 is 0 Å². The van der Waals surface area contributed by atoms with Crippen molar-refractivity contribution < 1.29 is 8.42 Å². The van der Waals surface area contributed by atoms with Crippen molar-refractivity contribution in [3.05, 3.63) is 54.1 Å². The fourth-order valence-corrected chi connectivity index (χ4v) is 3.66. The third-order valence-electron chi connectivity index (χ3n) is 3.43. The second-order valence-corrected chi connectivity index (χ2v) is 6.64. The molecule has 1 heterocycles. The van der Waals surface area contributed by atoms with E-state index in [4.69, 9.17) is 5.73 Å². The molecule has 0 aliphatic carbocycles. The van der Waals surface area contributed by atoms with Gasteiger partial charge in [-0.1, -0.05) is 30.3 Å². The average Bonchev–Trinajstić information content (AvgIpc) is 2.48. The highest BCUT2D eigenvalue weighted by Crippen LogP contribution is 2.29. The number of hydrogen-bond donors (Lipinski definition) is 1. The topological polar surface area (TPSA) is 75.8 Å². The molecule has 0 atom stereocenters. The molecule has 0 saturated heterocycles. The molecule has 1 aliphatic heterocycles. The van der Waals surface area contributed by atoms with Gasteiger partial charge in [0.05, 0.1) is 5.69 Å². The maximum absolute atomic E-state index is 12.5. The van der Waals surface area contributed by atoms with Crippen molar-refractivity contribution in [3.8, 4) is 0 Å². The average molecular weight is 301 g/mol. The van der Waals surface area contributed by atoms with E-state index in [-0.39, 0.29) is 4.90 Å². The van der Waals surface area contributed by atoms with E-state index in [1.165, 1.54) is 10.6 Å². The van der Waals surface area contributed by atoms with Gasteiger partial charge in [0.2, 0.25) is 0 Å². The van der Waals surface area contributed by atoms with Crippen LogP contribution in [-0.4, -0.2) is 25.6 Å². The van der Waals surface area contributed by atoms with Crippen LogP contribution in [0.2, 0.25) is 0 Å². The van der Waals surface area contributed by atoms with Gasteiger partial charge in [-0.05, 0) is 30.2 Å². The normalized spacial score (nSPS) is 15.7. The lowest BCUT2D eigenvalue weighted by Crippen LogP contribution is -2.33. The predicted octanol–water partition coefficient (Wildman–Crippen LogP) is 2.18. The van der Waals surface area contributed by atoms with Crippen molar-refractivity contribution in [2.45, 2.75) is 11.3 Å². The Morgan fingerprint density at radius 1 is 1.05 bits per heavy atom. The molecular weight excluding hydrogens is 286 g/mol. The lowest BCUT2D eigenvalue weighted by molar-refractivity contribution is 0.524. The first kappa shape index (κ1) is 13.6. The van der Waals surface area contributed by atoms with Gasteiger partial charge < -0.3 is 5.73 Å². The van der Waals surface area contributed by atoms with Crippen LogP contribution in [0.25, 0.3) is 0 Å². The van der Waals surface area contributed by atoms with Gasteiger partial charge in [0.25, 0.3) is 10.0 Å². The predicted molar refractivity (Wildman–Crippen MR) is 83.0 cm³/mol. The maximum atomic E-state index is 12.5. The van der Waals surface area contributed by atoms with Crippen LogP contribution < -0.4 is 5.73 Å². The number of anilines is 1. The number of benzene rings is 2. The number of hydrogen-bond acceptors (Lipinski definition) is 4. The van der Waals surface area contributed by atoms with Gasteiger partial charge in [-0.2, -0.15) is 0 Å². The van der Waals surface area contributed by atoms with Crippen molar-refractivity contribution >= 4 is 27.7 Å². The molecule has 6 heteroatoms. The van der Waals surface area contributed by atoms with E-state index in [0.717, 1.165) is 5.56 Å². The summed E-state index contributed by atoms with van der Waals surface area (Å²) < 4.78 is 26.3. The van der Waals surface area contributed by atoms with Gasteiger partial charge in [-0.25, -0.2) is 13.4 Å². The van der Waals surface area contributed by atoms with Gasteiger partial charge in [-0.3, -0.25) is 4.31 Å². The first-order valence-corrected chi connectivity index (χ1v) is 8.01. The summed E-state index contributed by atoms with van der Waals surface area (Å²) in [6.45, 7) is 0.314. The largest absolute Gasteiger partial charge is 0.399 e. The molecule has 2 aromatic carbocycles. The summed E-state index contributed by atoms with van der Waals surface area (Å²) >= 11 is 0. The van der Waals surface area contributed by atoms with Crippen molar-refractivity contribution in [2.75, 3.05) is 12.3 Å². The second kappa shape index (κ2) is 5.21. The SMILES string of the molecule is Nc1ccccc1CCN1C=Nc2ccccc2S1(=O)=O. The first-order chi connectivity index (χ1) is 10.1. The van der Waals surface area contributed by atoms with Gasteiger partial charge in [0.1, 0.15) is 11.2 Å². The van der Waals surface area contributed by atoms with E-state index in [1.807, 2.05) is 24.3 Å². The van der Waals surface area contributed by atoms with E-state index in [0.29, 0.717) is 24.3 Å². The van der Waals surface area contributed by atoms with Crippen LogP contribution in [0.3, 0.4) is 0 Å². The fourth-order valence-electron chi connectivity index (χ4n) is 2.27. The quantitative estimate of drug-likeness (QED) is 0.883. The molecular formula is C15H15N3O2S. The lowest BCUT2D eigenvalue weighted by Gasteiger charge is -2.24. The third-order valence-corrected chi connectivity index (χ3v) is 5.23. The molecule has 0 bridgehead atoms.